The van der Waals surface area contributed by atoms with Gasteiger partial charge in [0.05, 0.1) is 16.8 Å². The average Bonchev–Trinajstić information content (AvgIpc) is 3.11. The van der Waals surface area contributed by atoms with Crippen molar-refractivity contribution in [2.75, 3.05) is 12.3 Å². The molecule has 0 bridgehead atoms. The van der Waals surface area contributed by atoms with Crippen LogP contribution in [0, 0.1) is 0 Å². The van der Waals surface area contributed by atoms with E-state index < -0.39 is 0 Å². The maximum Gasteiger partial charge on any atom is 0.233 e. The molecule has 134 valence electrons. The summed E-state index contributed by atoms with van der Waals surface area (Å²) in [5, 5.41) is 0.838. The lowest BCUT2D eigenvalue weighted by Crippen LogP contribution is -2.42. The standard InChI is InChI=1S/C20H22N4OS/c1-14-7-4-5-12-24(14)18(25)13-26-20-15(8-6-11-21-20)19-22-16-9-2-3-10-17(16)23-19/h2-3,6,8-11,14H,4-5,7,12-13H2,1H3,(H,22,23)/t14-/m0/s1. The van der Waals surface area contributed by atoms with Crippen LogP contribution in [0.2, 0.25) is 0 Å². The average molecular weight is 366 g/mol. The molecule has 1 amide bonds. The Bertz CT molecular complexity index is 890. The Kier molecular flexibility index (Phi) is 4.93. The first-order valence-electron chi connectivity index (χ1n) is 9.05. The van der Waals surface area contributed by atoms with Crippen LogP contribution < -0.4 is 0 Å². The van der Waals surface area contributed by atoms with Crippen molar-refractivity contribution in [3.8, 4) is 11.4 Å². The predicted octanol–water partition coefficient (Wildman–Crippen LogP) is 4.12. The second-order valence-corrected chi connectivity index (χ2v) is 7.64. The monoisotopic (exact) mass is 366 g/mol. The third kappa shape index (κ3) is 3.46. The van der Waals surface area contributed by atoms with Crippen molar-refractivity contribution < 1.29 is 4.79 Å². The zero-order chi connectivity index (χ0) is 17.9. The van der Waals surface area contributed by atoms with Crippen molar-refractivity contribution in [2.45, 2.75) is 37.3 Å². The molecule has 5 nitrogen and oxygen atoms in total. The summed E-state index contributed by atoms with van der Waals surface area (Å²) in [6, 6.07) is 12.2. The molecule has 1 N–H and O–H groups in total. The maximum atomic E-state index is 12.6. The second kappa shape index (κ2) is 7.50. The van der Waals surface area contributed by atoms with Gasteiger partial charge in [-0.05, 0) is 50.5 Å². The molecule has 0 aliphatic carbocycles. The number of imidazole rings is 1. The summed E-state index contributed by atoms with van der Waals surface area (Å²) in [4.78, 5) is 27.2. The Balaban J connectivity index is 1.53. The highest BCUT2D eigenvalue weighted by atomic mass is 32.2. The van der Waals surface area contributed by atoms with Crippen molar-refractivity contribution >= 4 is 28.7 Å². The molecule has 1 atom stereocenters. The number of rotatable bonds is 4. The number of aromatic nitrogens is 3. The van der Waals surface area contributed by atoms with Crippen LogP contribution in [0.1, 0.15) is 26.2 Å². The van der Waals surface area contributed by atoms with Gasteiger partial charge < -0.3 is 9.88 Å². The zero-order valence-electron chi connectivity index (χ0n) is 14.8. The first kappa shape index (κ1) is 17.1. The van der Waals surface area contributed by atoms with Crippen LogP contribution >= 0.6 is 11.8 Å². The Morgan fingerprint density at radius 1 is 1.27 bits per heavy atom. The Morgan fingerprint density at radius 3 is 3.00 bits per heavy atom. The van der Waals surface area contributed by atoms with E-state index in [4.69, 9.17) is 0 Å². The van der Waals surface area contributed by atoms with E-state index >= 15 is 0 Å². The first-order valence-corrected chi connectivity index (χ1v) is 10.0. The molecule has 0 saturated carbocycles. The van der Waals surface area contributed by atoms with Crippen molar-refractivity contribution in [3.63, 3.8) is 0 Å². The van der Waals surface area contributed by atoms with E-state index in [0.717, 1.165) is 46.8 Å². The predicted molar refractivity (Wildman–Crippen MR) is 105 cm³/mol. The fourth-order valence-electron chi connectivity index (χ4n) is 3.45. The zero-order valence-corrected chi connectivity index (χ0v) is 15.6. The number of aromatic amines is 1. The van der Waals surface area contributed by atoms with E-state index in [1.807, 2.05) is 41.3 Å². The number of nitrogens with zero attached hydrogens (tertiary/aromatic N) is 3. The lowest BCUT2D eigenvalue weighted by molar-refractivity contribution is -0.131. The molecule has 1 aliphatic heterocycles. The Labute approximate surface area is 157 Å². The van der Waals surface area contributed by atoms with Gasteiger partial charge in [0, 0.05) is 24.3 Å². The van der Waals surface area contributed by atoms with E-state index in [2.05, 4.69) is 21.9 Å². The molecule has 3 heterocycles. The smallest absolute Gasteiger partial charge is 0.233 e. The van der Waals surface area contributed by atoms with E-state index in [1.54, 1.807) is 6.20 Å². The van der Waals surface area contributed by atoms with E-state index in [1.165, 1.54) is 18.2 Å². The number of benzene rings is 1. The summed E-state index contributed by atoms with van der Waals surface area (Å²) >= 11 is 1.49. The van der Waals surface area contributed by atoms with E-state index in [0.29, 0.717) is 11.8 Å². The second-order valence-electron chi connectivity index (χ2n) is 6.68. The molecule has 2 aromatic heterocycles. The van der Waals surface area contributed by atoms with Crippen LogP contribution in [-0.2, 0) is 4.79 Å². The Hall–Kier alpha value is -2.34. The molecular weight excluding hydrogens is 344 g/mol. The molecule has 1 aromatic carbocycles. The molecule has 3 aromatic rings. The number of carbonyl (C=O) groups excluding carboxylic acids is 1. The lowest BCUT2D eigenvalue weighted by atomic mass is 10.0. The molecule has 1 fully saturated rings. The van der Waals surface area contributed by atoms with Gasteiger partial charge in [-0.2, -0.15) is 0 Å². The number of carbonyl (C=O) groups is 1. The van der Waals surface area contributed by atoms with Crippen molar-refractivity contribution in [1.82, 2.24) is 19.9 Å². The Morgan fingerprint density at radius 2 is 2.15 bits per heavy atom. The third-order valence-electron chi connectivity index (χ3n) is 4.87. The number of H-pyrrole nitrogens is 1. The van der Waals surface area contributed by atoms with Gasteiger partial charge in [-0.15, -0.1) is 0 Å². The van der Waals surface area contributed by atoms with Crippen molar-refractivity contribution in [1.29, 1.82) is 0 Å². The summed E-state index contributed by atoms with van der Waals surface area (Å²) < 4.78 is 0. The van der Waals surface area contributed by atoms with Crippen LogP contribution in [0.15, 0.2) is 47.6 Å². The van der Waals surface area contributed by atoms with E-state index in [9.17, 15) is 4.79 Å². The number of pyridine rings is 1. The molecule has 0 unspecified atom stereocenters. The molecule has 6 heteroatoms. The fraction of sp³-hybridized carbons (Fsp3) is 0.350. The topological polar surface area (TPSA) is 61.9 Å². The number of fused-ring (bicyclic) bond motifs is 1. The maximum absolute atomic E-state index is 12.6. The molecule has 1 saturated heterocycles. The number of amides is 1. The molecule has 0 spiro atoms. The third-order valence-corrected chi connectivity index (χ3v) is 5.86. The van der Waals surface area contributed by atoms with Gasteiger partial charge in [-0.1, -0.05) is 23.9 Å². The molecule has 1 aliphatic rings. The molecular formula is C20H22N4OS. The van der Waals surface area contributed by atoms with Gasteiger partial charge in [0.15, 0.2) is 0 Å². The minimum absolute atomic E-state index is 0.198. The van der Waals surface area contributed by atoms with Crippen LogP contribution in [0.3, 0.4) is 0 Å². The molecule has 4 rings (SSSR count). The van der Waals surface area contributed by atoms with Crippen molar-refractivity contribution in [3.05, 3.63) is 42.6 Å². The van der Waals surface area contributed by atoms with Gasteiger partial charge in [-0.25, -0.2) is 9.97 Å². The number of hydrogen-bond acceptors (Lipinski definition) is 4. The van der Waals surface area contributed by atoms with Gasteiger partial charge in [0.2, 0.25) is 5.91 Å². The molecule has 26 heavy (non-hydrogen) atoms. The SMILES string of the molecule is C[C@H]1CCCCN1C(=O)CSc1ncccc1-c1nc2ccccc2[nH]1. The highest BCUT2D eigenvalue weighted by Gasteiger charge is 2.23. The number of likely N-dealkylation sites (tertiary alicyclic amines) is 1. The summed E-state index contributed by atoms with van der Waals surface area (Å²) in [6.07, 6.45) is 5.19. The molecule has 0 radical (unpaired) electrons. The minimum Gasteiger partial charge on any atom is -0.339 e. The number of piperidine rings is 1. The summed E-state index contributed by atoms with van der Waals surface area (Å²) in [7, 11) is 0. The lowest BCUT2D eigenvalue weighted by Gasteiger charge is -2.33. The fourth-order valence-corrected chi connectivity index (χ4v) is 4.33. The largest absolute Gasteiger partial charge is 0.339 e. The number of thioether (sulfide) groups is 1. The quantitative estimate of drug-likeness (QED) is 0.706. The highest BCUT2D eigenvalue weighted by Crippen LogP contribution is 2.29. The number of hydrogen-bond donors (Lipinski definition) is 1. The van der Waals surface area contributed by atoms with Crippen LogP contribution in [0.5, 0.6) is 0 Å². The van der Waals surface area contributed by atoms with Gasteiger partial charge in [0.25, 0.3) is 0 Å². The minimum atomic E-state index is 0.198. The van der Waals surface area contributed by atoms with Crippen LogP contribution in [0.25, 0.3) is 22.4 Å². The normalized spacial score (nSPS) is 17.6. The van der Waals surface area contributed by atoms with E-state index in [-0.39, 0.29) is 5.91 Å². The summed E-state index contributed by atoms with van der Waals surface area (Å²) in [6.45, 7) is 3.02. The highest BCUT2D eigenvalue weighted by molar-refractivity contribution is 8.00. The van der Waals surface area contributed by atoms with Crippen LogP contribution in [0.4, 0.5) is 0 Å². The number of nitrogens with one attached hydrogen (secondary N) is 1. The van der Waals surface area contributed by atoms with Crippen molar-refractivity contribution in [2.24, 2.45) is 0 Å². The van der Waals surface area contributed by atoms with Gasteiger partial charge in [0.1, 0.15) is 10.9 Å². The first-order chi connectivity index (χ1) is 12.7. The summed E-state index contributed by atoms with van der Waals surface area (Å²) in [5.41, 5.74) is 2.87. The van der Waals surface area contributed by atoms with Crippen LogP contribution in [-0.4, -0.2) is 44.1 Å². The van der Waals surface area contributed by atoms with Gasteiger partial charge in [-0.3, -0.25) is 4.79 Å². The summed E-state index contributed by atoms with van der Waals surface area (Å²) in [5.74, 6) is 1.40. The van der Waals surface area contributed by atoms with Gasteiger partial charge >= 0.3 is 0 Å². The number of para-hydroxylation sites is 2.